The quantitative estimate of drug-likeness (QED) is 0.143. The van der Waals surface area contributed by atoms with E-state index in [1.165, 1.54) is 0 Å². The fourth-order valence-corrected chi connectivity index (χ4v) is 7.99. The molecule has 1 aliphatic heterocycles. The lowest BCUT2D eigenvalue weighted by Crippen LogP contribution is -2.20. The molecule has 9 aromatic rings. The zero-order chi connectivity index (χ0) is 41.0. The molecule has 1 aliphatic rings. The van der Waals surface area contributed by atoms with Crippen molar-refractivity contribution in [1.29, 1.82) is 5.41 Å². The third-order valence-electron chi connectivity index (χ3n) is 11.1. The highest BCUT2D eigenvalue weighted by Gasteiger charge is 2.24. The Labute approximate surface area is 356 Å². The Bertz CT molecular complexity index is 3010. The third kappa shape index (κ3) is 7.74. The average Bonchev–Trinajstić information content (AvgIpc) is 3.35. The van der Waals surface area contributed by atoms with E-state index < -0.39 is 0 Å². The molecule has 0 aliphatic carbocycles. The molecule has 1 aromatic heterocycles. The first-order valence-electron chi connectivity index (χ1n) is 20.5. The number of rotatable bonds is 9. The van der Waals surface area contributed by atoms with Gasteiger partial charge in [0.05, 0.1) is 22.8 Å². The lowest BCUT2D eigenvalue weighted by atomic mass is 9.86. The van der Waals surface area contributed by atoms with E-state index >= 15 is 0 Å². The second-order valence-electron chi connectivity index (χ2n) is 15.1. The van der Waals surface area contributed by atoms with Crippen LogP contribution in [-0.4, -0.2) is 15.7 Å². The summed E-state index contributed by atoms with van der Waals surface area (Å²) in [5.74, 6) is 0.701. The minimum atomic E-state index is 0.458. The summed E-state index contributed by atoms with van der Waals surface area (Å²) < 4.78 is 0. The van der Waals surface area contributed by atoms with E-state index in [-0.39, 0.29) is 0 Å². The maximum atomic E-state index is 9.66. The standard InChI is InChI=1S/C57H40N4/c58-55(44-23-12-4-13-24-44)54(43-21-10-3-11-22-43)56-50-36-48(33-34-49(50)37-51(59-56)40-17-6-1-7-18-40)47-28-16-27-46(35-47)39-29-31-42(32-30-39)53-38-52(41-19-8-2-9-20-41)60-57(61-53)45-25-14-5-15-26-45/h1-38,58-59H/b56-54-,58-55?. The van der Waals surface area contributed by atoms with Crippen LogP contribution in [-0.2, 0) is 0 Å². The summed E-state index contributed by atoms with van der Waals surface area (Å²) >= 11 is 0. The van der Waals surface area contributed by atoms with Gasteiger partial charge in [-0.25, -0.2) is 9.97 Å². The van der Waals surface area contributed by atoms with Crippen LogP contribution in [0.15, 0.2) is 224 Å². The number of benzene rings is 8. The van der Waals surface area contributed by atoms with Gasteiger partial charge >= 0.3 is 0 Å². The minimum Gasteiger partial charge on any atom is -0.354 e. The third-order valence-corrected chi connectivity index (χ3v) is 11.1. The topological polar surface area (TPSA) is 61.7 Å². The molecular formula is C57H40N4. The van der Waals surface area contributed by atoms with Gasteiger partial charge in [0.1, 0.15) is 0 Å². The van der Waals surface area contributed by atoms with Crippen molar-refractivity contribution in [3.63, 3.8) is 0 Å². The summed E-state index contributed by atoms with van der Waals surface area (Å²) in [5, 5.41) is 13.5. The molecule has 0 saturated carbocycles. The minimum absolute atomic E-state index is 0.458. The zero-order valence-electron chi connectivity index (χ0n) is 33.3. The molecule has 2 heterocycles. The molecule has 10 rings (SSSR count). The first-order chi connectivity index (χ1) is 30.1. The lowest BCUT2D eigenvalue weighted by molar-refractivity contribution is 1.18. The Morgan fingerprint density at radius 1 is 0.377 bits per heavy atom. The second-order valence-corrected chi connectivity index (χ2v) is 15.1. The van der Waals surface area contributed by atoms with Crippen molar-refractivity contribution in [3.05, 3.63) is 252 Å². The highest BCUT2D eigenvalue weighted by molar-refractivity contribution is 6.36. The SMILES string of the molecule is N=C(/C(=C1\NC(c2ccccc2)=Cc2ccc(-c3cccc(-c4ccc(-c5cc(-c6ccccc6)nc(-c6ccccc6)n5)cc4)c3)cc21)c1ccccc1)c1ccccc1. The monoisotopic (exact) mass is 780 g/mol. The van der Waals surface area contributed by atoms with Crippen molar-refractivity contribution in [3.8, 4) is 56.2 Å². The Balaban J connectivity index is 1.04. The zero-order valence-corrected chi connectivity index (χ0v) is 33.3. The first-order valence-corrected chi connectivity index (χ1v) is 20.5. The molecule has 4 heteroatoms. The van der Waals surface area contributed by atoms with Crippen molar-refractivity contribution in [1.82, 2.24) is 15.3 Å². The molecule has 0 atom stereocenters. The summed E-state index contributed by atoms with van der Waals surface area (Å²) in [7, 11) is 0. The fourth-order valence-electron chi connectivity index (χ4n) is 7.99. The van der Waals surface area contributed by atoms with Crippen LogP contribution in [0.3, 0.4) is 0 Å². The molecule has 8 aromatic carbocycles. The van der Waals surface area contributed by atoms with E-state index in [2.05, 4.69) is 145 Å². The van der Waals surface area contributed by atoms with Gasteiger partial charge in [-0.15, -0.1) is 0 Å². The van der Waals surface area contributed by atoms with Crippen LogP contribution >= 0.6 is 0 Å². The number of hydrogen-bond acceptors (Lipinski definition) is 4. The molecule has 0 radical (unpaired) electrons. The van der Waals surface area contributed by atoms with Crippen LogP contribution in [0, 0.1) is 5.41 Å². The normalized spacial score (nSPS) is 12.8. The Morgan fingerprint density at radius 2 is 0.836 bits per heavy atom. The van der Waals surface area contributed by atoms with Gasteiger partial charge in [-0.2, -0.15) is 0 Å². The molecule has 288 valence electrons. The molecule has 2 N–H and O–H groups in total. The Kier molecular flexibility index (Phi) is 10.1. The van der Waals surface area contributed by atoms with E-state index in [4.69, 9.17) is 9.97 Å². The van der Waals surface area contributed by atoms with Crippen molar-refractivity contribution in [2.45, 2.75) is 0 Å². The van der Waals surface area contributed by atoms with E-state index in [9.17, 15) is 5.41 Å². The van der Waals surface area contributed by atoms with Crippen molar-refractivity contribution >= 4 is 28.8 Å². The van der Waals surface area contributed by atoms with Gasteiger partial charge in [0, 0.05) is 39.1 Å². The van der Waals surface area contributed by atoms with Crippen molar-refractivity contribution in [2.24, 2.45) is 0 Å². The smallest absolute Gasteiger partial charge is 0.160 e. The van der Waals surface area contributed by atoms with Crippen LogP contribution in [0.4, 0.5) is 0 Å². The largest absolute Gasteiger partial charge is 0.354 e. The van der Waals surface area contributed by atoms with E-state index in [1.54, 1.807) is 0 Å². The Hall–Kier alpha value is -8.21. The predicted octanol–water partition coefficient (Wildman–Crippen LogP) is 13.8. The number of allylic oxidation sites excluding steroid dienone is 1. The summed E-state index contributed by atoms with van der Waals surface area (Å²) in [6.07, 6.45) is 2.22. The van der Waals surface area contributed by atoms with Gasteiger partial charge in [-0.05, 0) is 63.2 Å². The summed E-state index contributed by atoms with van der Waals surface area (Å²) in [6.45, 7) is 0. The molecule has 0 fully saturated rings. The van der Waals surface area contributed by atoms with Gasteiger partial charge < -0.3 is 5.32 Å². The number of nitrogens with one attached hydrogen (secondary N) is 2. The molecule has 0 unspecified atom stereocenters. The van der Waals surface area contributed by atoms with Gasteiger partial charge in [-0.3, -0.25) is 5.41 Å². The summed E-state index contributed by atoms with van der Waals surface area (Å²) in [4.78, 5) is 10.0. The van der Waals surface area contributed by atoms with Crippen LogP contribution in [0.1, 0.15) is 27.8 Å². The lowest BCUT2D eigenvalue weighted by Gasteiger charge is -2.27. The predicted molar refractivity (Wildman–Crippen MR) is 253 cm³/mol. The van der Waals surface area contributed by atoms with Crippen LogP contribution in [0.2, 0.25) is 0 Å². The number of hydrogen-bond donors (Lipinski definition) is 2. The average molecular weight is 781 g/mol. The fraction of sp³-hybridized carbons (Fsp3) is 0. The number of nitrogens with zero attached hydrogens (tertiary/aromatic N) is 2. The number of aromatic nitrogens is 2. The van der Waals surface area contributed by atoms with Crippen molar-refractivity contribution in [2.75, 3.05) is 0 Å². The highest BCUT2D eigenvalue weighted by Crippen LogP contribution is 2.39. The molecule has 0 amide bonds. The van der Waals surface area contributed by atoms with Gasteiger partial charge in [0.25, 0.3) is 0 Å². The van der Waals surface area contributed by atoms with E-state index in [1.807, 2.05) is 91.0 Å². The maximum absolute atomic E-state index is 9.66. The van der Waals surface area contributed by atoms with Crippen LogP contribution < -0.4 is 5.32 Å². The molecule has 61 heavy (non-hydrogen) atoms. The number of fused-ring (bicyclic) bond motifs is 1. The first kappa shape index (κ1) is 37.1. The van der Waals surface area contributed by atoms with E-state index in [0.717, 1.165) is 95.1 Å². The Morgan fingerprint density at radius 3 is 1.46 bits per heavy atom. The van der Waals surface area contributed by atoms with Gasteiger partial charge in [-0.1, -0.05) is 206 Å². The van der Waals surface area contributed by atoms with Gasteiger partial charge in [0.15, 0.2) is 5.82 Å². The second kappa shape index (κ2) is 16.6. The maximum Gasteiger partial charge on any atom is 0.160 e. The molecule has 0 bridgehead atoms. The van der Waals surface area contributed by atoms with Crippen molar-refractivity contribution < 1.29 is 0 Å². The highest BCUT2D eigenvalue weighted by atomic mass is 14.9. The van der Waals surface area contributed by atoms with Crippen LogP contribution in [0.25, 0.3) is 79.2 Å². The summed E-state index contributed by atoms with van der Waals surface area (Å²) in [6, 6.07) is 77.3. The van der Waals surface area contributed by atoms with E-state index in [0.29, 0.717) is 11.5 Å². The molecule has 0 spiro atoms. The van der Waals surface area contributed by atoms with Gasteiger partial charge in [0.2, 0.25) is 0 Å². The molecule has 0 saturated heterocycles. The summed E-state index contributed by atoms with van der Waals surface area (Å²) in [5.41, 5.74) is 17.5. The molecule has 4 nitrogen and oxygen atoms in total. The van der Waals surface area contributed by atoms with Crippen LogP contribution in [0.5, 0.6) is 0 Å². The molecular weight excluding hydrogens is 741 g/mol.